The summed E-state index contributed by atoms with van der Waals surface area (Å²) in [5.41, 5.74) is 1.98. The Morgan fingerprint density at radius 1 is 1.33 bits per heavy atom. The molecule has 5 heteroatoms. The lowest BCUT2D eigenvalue weighted by Gasteiger charge is -2.25. The highest BCUT2D eigenvalue weighted by molar-refractivity contribution is 6.16. The zero-order chi connectivity index (χ0) is 15.4. The minimum atomic E-state index is 0.204. The molecule has 21 heavy (non-hydrogen) atoms. The third-order valence-corrected chi connectivity index (χ3v) is 3.92. The van der Waals surface area contributed by atoms with Crippen LogP contribution in [-0.4, -0.2) is 29.9 Å². The smallest absolute Gasteiger partial charge is 0.125 e. The van der Waals surface area contributed by atoms with E-state index in [-0.39, 0.29) is 6.04 Å². The van der Waals surface area contributed by atoms with Crippen molar-refractivity contribution in [3.05, 3.63) is 24.0 Å². The van der Waals surface area contributed by atoms with Gasteiger partial charge in [-0.15, -0.1) is 11.6 Å². The zero-order valence-corrected chi connectivity index (χ0v) is 13.9. The van der Waals surface area contributed by atoms with E-state index in [2.05, 4.69) is 23.4 Å². The van der Waals surface area contributed by atoms with Crippen LogP contribution in [0.25, 0.3) is 11.0 Å². The molecule has 1 aromatic carbocycles. The van der Waals surface area contributed by atoms with Crippen LogP contribution in [0.1, 0.15) is 32.6 Å². The molecule has 0 aliphatic heterocycles. The van der Waals surface area contributed by atoms with Gasteiger partial charge in [0, 0.05) is 12.7 Å². The Hall–Kier alpha value is -1.26. The fourth-order valence-corrected chi connectivity index (χ4v) is 2.71. The predicted octanol–water partition coefficient (Wildman–Crippen LogP) is 4.02. The van der Waals surface area contributed by atoms with E-state index >= 15 is 0 Å². The fourth-order valence-electron chi connectivity index (χ4n) is 2.52. The molecule has 0 saturated heterocycles. The highest BCUT2D eigenvalue weighted by Crippen LogP contribution is 2.29. The van der Waals surface area contributed by atoms with Crippen molar-refractivity contribution in [3.63, 3.8) is 0 Å². The number of alkyl halides is 1. The van der Waals surface area contributed by atoms with Crippen molar-refractivity contribution in [2.24, 2.45) is 5.92 Å². The van der Waals surface area contributed by atoms with E-state index in [9.17, 15) is 0 Å². The number of hydrogen-bond acceptors (Lipinski definition) is 3. The van der Waals surface area contributed by atoms with Crippen LogP contribution in [0.5, 0.6) is 5.75 Å². The molecule has 1 heterocycles. The predicted molar refractivity (Wildman–Crippen MR) is 86.2 cm³/mol. The first-order chi connectivity index (χ1) is 10.1. The van der Waals surface area contributed by atoms with E-state index in [0.717, 1.165) is 22.6 Å². The van der Waals surface area contributed by atoms with Gasteiger partial charge in [0.05, 0.1) is 36.7 Å². The molecular formula is C16H23ClN2O2. The number of methoxy groups -OCH3 is 1. The van der Waals surface area contributed by atoms with Gasteiger partial charge >= 0.3 is 0 Å². The molecule has 1 aromatic heterocycles. The Bertz CT molecular complexity index is 595. The summed E-state index contributed by atoms with van der Waals surface area (Å²) in [6, 6.07) is 6.11. The van der Waals surface area contributed by atoms with Crippen LogP contribution in [0.3, 0.4) is 0 Å². The first-order valence-corrected chi connectivity index (χ1v) is 7.84. The lowest BCUT2D eigenvalue weighted by Crippen LogP contribution is -2.22. The van der Waals surface area contributed by atoms with Gasteiger partial charge in [-0.1, -0.05) is 13.8 Å². The second-order valence-electron chi connectivity index (χ2n) is 5.36. The zero-order valence-electron chi connectivity index (χ0n) is 13.1. The number of aromatic nitrogens is 2. The normalized spacial score (nSPS) is 13.0. The maximum atomic E-state index is 6.10. The monoisotopic (exact) mass is 310 g/mol. The van der Waals surface area contributed by atoms with Gasteiger partial charge in [0.2, 0.25) is 0 Å². The second-order valence-corrected chi connectivity index (χ2v) is 5.62. The Morgan fingerprint density at radius 2 is 2.10 bits per heavy atom. The number of fused-ring (bicyclic) bond motifs is 1. The first kappa shape index (κ1) is 16.1. The largest absolute Gasteiger partial charge is 0.497 e. The van der Waals surface area contributed by atoms with E-state index in [0.29, 0.717) is 25.0 Å². The molecule has 0 aliphatic rings. The summed E-state index contributed by atoms with van der Waals surface area (Å²) < 4.78 is 13.2. The topological polar surface area (TPSA) is 36.3 Å². The Morgan fingerprint density at radius 3 is 2.67 bits per heavy atom. The molecule has 116 valence electrons. The minimum absolute atomic E-state index is 0.204. The molecule has 0 aliphatic carbocycles. The quantitative estimate of drug-likeness (QED) is 0.725. The highest BCUT2D eigenvalue weighted by Gasteiger charge is 2.22. The van der Waals surface area contributed by atoms with Crippen molar-refractivity contribution in [3.8, 4) is 5.75 Å². The molecule has 2 aromatic rings. The van der Waals surface area contributed by atoms with Crippen molar-refractivity contribution >= 4 is 22.6 Å². The first-order valence-electron chi connectivity index (χ1n) is 7.30. The van der Waals surface area contributed by atoms with Crippen molar-refractivity contribution < 1.29 is 9.47 Å². The van der Waals surface area contributed by atoms with Gasteiger partial charge in [0.1, 0.15) is 11.6 Å². The van der Waals surface area contributed by atoms with E-state index in [1.807, 2.05) is 25.1 Å². The Balaban J connectivity index is 2.56. The molecule has 2 rings (SSSR count). The van der Waals surface area contributed by atoms with Crippen LogP contribution in [-0.2, 0) is 10.6 Å². The maximum absolute atomic E-state index is 6.10. The number of halogens is 1. The summed E-state index contributed by atoms with van der Waals surface area (Å²) in [6.45, 7) is 7.74. The molecule has 0 N–H and O–H groups in total. The molecular weight excluding hydrogens is 288 g/mol. The molecule has 0 bridgehead atoms. The van der Waals surface area contributed by atoms with Crippen LogP contribution < -0.4 is 4.74 Å². The Labute approximate surface area is 131 Å². The number of benzene rings is 1. The molecule has 0 spiro atoms. The number of rotatable bonds is 7. The lowest BCUT2D eigenvalue weighted by molar-refractivity contribution is 0.0970. The third kappa shape index (κ3) is 3.33. The number of ether oxygens (including phenoxy) is 2. The minimum Gasteiger partial charge on any atom is -0.497 e. The fraction of sp³-hybridized carbons (Fsp3) is 0.562. The van der Waals surface area contributed by atoms with Gasteiger partial charge in [0.25, 0.3) is 0 Å². The summed E-state index contributed by atoms with van der Waals surface area (Å²) in [6.07, 6.45) is 0. The van der Waals surface area contributed by atoms with Crippen molar-refractivity contribution in [1.29, 1.82) is 0 Å². The molecule has 0 fully saturated rings. The molecule has 1 atom stereocenters. The number of nitrogens with zero attached hydrogens (tertiary/aromatic N) is 2. The van der Waals surface area contributed by atoms with Crippen LogP contribution in [0, 0.1) is 5.92 Å². The second kappa shape index (κ2) is 7.14. The van der Waals surface area contributed by atoms with Gasteiger partial charge in [-0.2, -0.15) is 0 Å². The highest BCUT2D eigenvalue weighted by atomic mass is 35.5. The van der Waals surface area contributed by atoms with E-state index in [1.54, 1.807) is 7.11 Å². The number of imidazole rings is 1. The summed E-state index contributed by atoms with van der Waals surface area (Å²) >= 11 is 6.10. The lowest BCUT2D eigenvalue weighted by atomic mass is 10.0. The Kier molecular flexibility index (Phi) is 5.48. The number of hydrogen-bond donors (Lipinski definition) is 0. The van der Waals surface area contributed by atoms with Crippen LogP contribution in [0.2, 0.25) is 0 Å². The van der Waals surface area contributed by atoms with Gasteiger partial charge < -0.3 is 14.0 Å². The molecule has 0 saturated carbocycles. The van der Waals surface area contributed by atoms with Crippen LogP contribution in [0.15, 0.2) is 18.2 Å². The summed E-state index contributed by atoms with van der Waals surface area (Å²) in [4.78, 5) is 4.64. The van der Waals surface area contributed by atoms with Crippen molar-refractivity contribution in [2.45, 2.75) is 32.7 Å². The van der Waals surface area contributed by atoms with E-state index in [1.165, 1.54) is 0 Å². The van der Waals surface area contributed by atoms with E-state index < -0.39 is 0 Å². The average molecular weight is 311 g/mol. The van der Waals surface area contributed by atoms with Gasteiger partial charge in [-0.3, -0.25) is 0 Å². The molecule has 1 unspecified atom stereocenters. The van der Waals surface area contributed by atoms with Crippen molar-refractivity contribution in [1.82, 2.24) is 9.55 Å². The standard InChI is InChI=1S/C16H23ClN2O2/c1-5-21-10-15(11(2)3)19-14-8-12(20-4)6-7-13(14)18-16(19)9-17/h6-8,11,15H,5,9-10H2,1-4H3. The maximum Gasteiger partial charge on any atom is 0.125 e. The van der Waals surface area contributed by atoms with Crippen LogP contribution >= 0.6 is 11.6 Å². The molecule has 0 radical (unpaired) electrons. The average Bonchev–Trinajstić information content (AvgIpc) is 2.85. The van der Waals surface area contributed by atoms with Crippen molar-refractivity contribution in [2.75, 3.05) is 20.3 Å². The molecule has 4 nitrogen and oxygen atoms in total. The molecule has 0 amide bonds. The summed E-state index contributed by atoms with van der Waals surface area (Å²) in [7, 11) is 1.67. The van der Waals surface area contributed by atoms with Gasteiger partial charge in [-0.05, 0) is 25.0 Å². The SMILES string of the molecule is CCOCC(C(C)C)n1c(CCl)nc2ccc(OC)cc21. The third-order valence-electron chi connectivity index (χ3n) is 3.68. The van der Waals surface area contributed by atoms with Gasteiger partial charge in [0.15, 0.2) is 0 Å². The van der Waals surface area contributed by atoms with E-state index in [4.69, 9.17) is 21.1 Å². The van der Waals surface area contributed by atoms with Gasteiger partial charge in [-0.25, -0.2) is 4.98 Å². The summed E-state index contributed by atoms with van der Waals surface area (Å²) in [5, 5.41) is 0. The summed E-state index contributed by atoms with van der Waals surface area (Å²) in [5.74, 6) is 2.50. The van der Waals surface area contributed by atoms with Crippen LogP contribution in [0.4, 0.5) is 0 Å².